The summed E-state index contributed by atoms with van der Waals surface area (Å²) in [5.41, 5.74) is 2.98. The lowest BCUT2D eigenvalue weighted by Gasteiger charge is -2.34. The van der Waals surface area contributed by atoms with E-state index in [0.717, 1.165) is 55.3 Å². The molecule has 150 valence electrons. The molecule has 2 fully saturated rings. The van der Waals surface area contributed by atoms with E-state index in [4.69, 9.17) is 0 Å². The van der Waals surface area contributed by atoms with Gasteiger partial charge in [-0.15, -0.1) is 0 Å². The fourth-order valence-electron chi connectivity index (χ4n) is 4.09. The number of carbonyl (C=O) groups is 1. The molecule has 0 bridgehead atoms. The first-order valence-electron chi connectivity index (χ1n) is 10.0. The monoisotopic (exact) mass is 393 g/mol. The smallest absolute Gasteiger partial charge is 0.281 e. The van der Waals surface area contributed by atoms with E-state index in [2.05, 4.69) is 11.4 Å². The first kappa shape index (κ1) is 20.3. The Kier molecular flexibility index (Phi) is 6.55. The first-order chi connectivity index (χ1) is 12.9. The lowest BCUT2D eigenvalue weighted by atomic mass is 9.98. The zero-order valence-corrected chi connectivity index (χ0v) is 17.2. The maximum atomic E-state index is 13.0. The highest BCUT2D eigenvalue weighted by Gasteiger charge is 2.36. The molecule has 2 heterocycles. The van der Waals surface area contributed by atoms with Gasteiger partial charge >= 0.3 is 0 Å². The van der Waals surface area contributed by atoms with E-state index in [-0.39, 0.29) is 18.4 Å². The molecule has 1 atom stereocenters. The number of rotatable bonds is 4. The van der Waals surface area contributed by atoms with Crippen LogP contribution < -0.4 is 5.32 Å². The van der Waals surface area contributed by atoms with E-state index >= 15 is 0 Å². The Bertz CT molecular complexity index is 750. The molecule has 1 unspecified atom stereocenters. The second-order valence-corrected chi connectivity index (χ2v) is 9.81. The van der Waals surface area contributed by atoms with Crippen LogP contribution in [0.4, 0.5) is 5.69 Å². The van der Waals surface area contributed by atoms with Crippen molar-refractivity contribution in [2.24, 2.45) is 5.92 Å². The quantitative estimate of drug-likeness (QED) is 0.855. The molecule has 2 aliphatic heterocycles. The third kappa shape index (κ3) is 5.09. The minimum absolute atomic E-state index is 0.0873. The second-order valence-electron chi connectivity index (χ2n) is 7.88. The summed E-state index contributed by atoms with van der Waals surface area (Å²) in [5, 5.41) is 2.98. The Hall–Kier alpha value is -1.44. The fraction of sp³-hybridized carbons (Fsp3) is 0.650. The summed E-state index contributed by atoms with van der Waals surface area (Å²) >= 11 is 0. The fourth-order valence-corrected chi connectivity index (χ4v) is 5.87. The number of nitrogens with one attached hydrogen (secondary N) is 1. The van der Waals surface area contributed by atoms with Crippen molar-refractivity contribution in [1.82, 2.24) is 8.61 Å². The summed E-state index contributed by atoms with van der Waals surface area (Å²) in [6.45, 7) is 5.97. The van der Waals surface area contributed by atoms with E-state index in [9.17, 15) is 13.2 Å². The van der Waals surface area contributed by atoms with E-state index < -0.39 is 10.2 Å². The van der Waals surface area contributed by atoms with Gasteiger partial charge in [-0.05, 0) is 62.8 Å². The number of anilines is 1. The van der Waals surface area contributed by atoms with Crippen LogP contribution >= 0.6 is 0 Å². The molecular weight excluding hydrogens is 362 g/mol. The minimum atomic E-state index is -3.47. The number of benzene rings is 1. The van der Waals surface area contributed by atoms with Crippen molar-refractivity contribution in [1.29, 1.82) is 0 Å². The van der Waals surface area contributed by atoms with Crippen molar-refractivity contribution in [3.05, 3.63) is 29.3 Å². The molecule has 3 rings (SSSR count). The normalized spacial score (nSPS) is 23.0. The summed E-state index contributed by atoms with van der Waals surface area (Å²) in [6.07, 6.45) is 5.47. The van der Waals surface area contributed by atoms with Gasteiger partial charge in [0.2, 0.25) is 5.91 Å². The average molecular weight is 394 g/mol. The Morgan fingerprint density at radius 1 is 0.926 bits per heavy atom. The number of hydrogen-bond acceptors (Lipinski definition) is 3. The topological polar surface area (TPSA) is 69.7 Å². The van der Waals surface area contributed by atoms with Crippen LogP contribution in [0.5, 0.6) is 0 Å². The highest BCUT2D eigenvalue weighted by atomic mass is 32.2. The standard InChI is InChI=1S/C20H31N3O3S/c1-16-12-17(2)14-19(13-16)21-20(24)18-8-7-11-23(15-18)27(25,26)22-9-5-3-4-6-10-22/h12-14,18H,3-11,15H2,1-2H3,(H,21,24). The molecule has 2 saturated heterocycles. The van der Waals surface area contributed by atoms with Crippen LogP contribution in [0.25, 0.3) is 0 Å². The van der Waals surface area contributed by atoms with Crippen molar-refractivity contribution < 1.29 is 13.2 Å². The molecule has 27 heavy (non-hydrogen) atoms. The van der Waals surface area contributed by atoms with Gasteiger partial charge in [0.05, 0.1) is 5.92 Å². The van der Waals surface area contributed by atoms with E-state index in [0.29, 0.717) is 19.6 Å². The number of amides is 1. The van der Waals surface area contributed by atoms with Crippen LogP contribution in [0, 0.1) is 19.8 Å². The Labute approximate surface area is 163 Å². The summed E-state index contributed by atoms with van der Waals surface area (Å²) in [5.74, 6) is -0.392. The number of aryl methyl sites for hydroxylation is 2. The number of hydrogen-bond donors (Lipinski definition) is 1. The van der Waals surface area contributed by atoms with Crippen LogP contribution in [0.3, 0.4) is 0 Å². The molecule has 0 aliphatic carbocycles. The molecule has 7 heteroatoms. The van der Waals surface area contributed by atoms with Gasteiger partial charge in [0.25, 0.3) is 10.2 Å². The van der Waals surface area contributed by atoms with Gasteiger partial charge in [0.15, 0.2) is 0 Å². The van der Waals surface area contributed by atoms with Crippen LogP contribution in [0.1, 0.15) is 49.7 Å². The Morgan fingerprint density at radius 2 is 1.52 bits per heavy atom. The van der Waals surface area contributed by atoms with Crippen LogP contribution in [-0.4, -0.2) is 49.1 Å². The van der Waals surface area contributed by atoms with Gasteiger partial charge in [-0.2, -0.15) is 17.0 Å². The molecule has 0 radical (unpaired) electrons. The van der Waals surface area contributed by atoms with Gasteiger partial charge < -0.3 is 5.32 Å². The zero-order valence-electron chi connectivity index (χ0n) is 16.4. The summed E-state index contributed by atoms with van der Waals surface area (Å²) in [7, 11) is -3.47. The first-order valence-corrected chi connectivity index (χ1v) is 11.4. The van der Waals surface area contributed by atoms with Gasteiger partial charge in [-0.3, -0.25) is 4.79 Å². The highest BCUT2D eigenvalue weighted by molar-refractivity contribution is 7.86. The predicted octanol–water partition coefficient (Wildman–Crippen LogP) is 3.07. The van der Waals surface area contributed by atoms with E-state index in [1.54, 1.807) is 4.31 Å². The Morgan fingerprint density at radius 3 is 2.15 bits per heavy atom. The Balaban J connectivity index is 1.66. The third-order valence-corrected chi connectivity index (χ3v) is 7.46. The molecule has 1 amide bonds. The molecule has 2 aliphatic rings. The average Bonchev–Trinajstić information content (AvgIpc) is 2.91. The molecule has 0 spiro atoms. The largest absolute Gasteiger partial charge is 0.326 e. The maximum absolute atomic E-state index is 13.0. The molecule has 1 aromatic rings. The van der Waals surface area contributed by atoms with Crippen LogP contribution in [0.15, 0.2) is 18.2 Å². The van der Waals surface area contributed by atoms with Crippen molar-refractivity contribution in [2.45, 2.75) is 52.4 Å². The molecule has 0 saturated carbocycles. The van der Waals surface area contributed by atoms with E-state index in [1.165, 1.54) is 4.31 Å². The number of carbonyl (C=O) groups excluding carboxylic acids is 1. The second kappa shape index (κ2) is 8.71. The SMILES string of the molecule is Cc1cc(C)cc(NC(=O)C2CCCN(S(=O)(=O)N3CCCCCC3)C2)c1. The lowest BCUT2D eigenvalue weighted by molar-refractivity contribution is -0.120. The number of nitrogens with zero attached hydrogens (tertiary/aromatic N) is 2. The highest BCUT2D eigenvalue weighted by Crippen LogP contribution is 2.24. The van der Waals surface area contributed by atoms with Gasteiger partial charge in [0.1, 0.15) is 0 Å². The van der Waals surface area contributed by atoms with Crippen LogP contribution in [-0.2, 0) is 15.0 Å². The van der Waals surface area contributed by atoms with Crippen molar-refractivity contribution in [2.75, 3.05) is 31.5 Å². The van der Waals surface area contributed by atoms with Crippen molar-refractivity contribution in [3.63, 3.8) is 0 Å². The van der Waals surface area contributed by atoms with Gasteiger partial charge in [0, 0.05) is 31.9 Å². The summed E-state index contributed by atoms with van der Waals surface area (Å²) < 4.78 is 29.2. The van der Waals surface area contributed by atoms with Crippen LogP contribution in [0.2, 0.25) is 0 Å². The third-order valence-electron chi connectivity index (χ3n) is 5.46. The summed E-state index contributed by atoms with van der Waals surface area (Å²) in [6, 6.07) is 5.95. The van der Waals surface area contributed by atoms with Gasteiger partial charge in [-0.1, -0.05) is 18.9 Å². The molecular formula is C20H31N3O3S. The molecule has 1 N–H and O–H groups in total. The number of piperidine rings is 1. The van der Waals surface area contributed by atoms with Gasteiger partial charge in [-0.25, -0.2) is 0 Å². The zero-order chi connectivity index (χ0) is 19.4. The predicted molar refractivity (Wildman–Crippen MR) is 108 cm³/mol. The molecule has 1 aromatic carbocycles. The van der Waals surface area contributed by atoms with E-state index in [1.807, 2.05) is 26.0 Å². The summed E-state index contributed by atoms with van der Waals surface area (Å²) in [4.78, 5) is 12.7. The lowest BCUT2D eigenvalue weighted by Crippen LogP contribution is -2.50. The molecule has 0 aromatic heterocycles. The van der Waals surface area contributed by atoms with Crippen molar-refractivity contribution >= 4 is 21.8 Å². The molecule has 6 nitrogen and oxygen atoms in total. The minimum Gasteiger partial charge on any atom is -0.326 e. The van der Waals surface area contributed by atoms with Crippen molar-refractivity contribution in [3.8, 4) is 0 Å². The maximum Gasteiger partial charge on any atom is 0.281 e.